The number of aryl methyl sites for hydroxylation is 1. The monoisotopic (exact) mass is 532 g/mol. The zero-order chi connectivity index (χ0) is 27.9. The zero-order valence-electron chi connectivity index (χ0n) is 22.8. The average molecular weight is 533 g/mol. The Morgan fingerprint density at radius 2 is 1.55 bits per heavy atom. The van der Waals surface area contributed by atoms with Crippen LogP contribution in [-0.2, 0) is 24.2 Å². The molecule has 0 bridgehead atoms. The minimum absolute atomic E-state index is 0.131. The van der Waals surface area contributed by atoms with Crippen molar-refractivity contribution in [2.75, 3.05) is 11.4 Å². The van der Waals surface area contributed by atoms with Gasteiger partial charge in [0.25, 0.3) is 0 Å². The second-order valence-electron chi connectivity index (χ2n) is 9.99. The van der Waals surface area contributed by atoms with Gasteiger partial charge in [0.1, 0.15) is 11.6 Å². The molecule has 3 aromatic carbocycles. The fraction of sp³-hybridized carbons (Fsp3) is 0.212. The standard InChI is InChI=1S/C33H32N4O3/c1-3-17-37(22-25-9-5-4-6-10-25)31-21-26(19-27(38)18-24-15-13-23(2)14-16-24)20-30(34-31)28-11-7-8-12-29(28)32-35-33(39)40-36-32/h4-16,20-21H,3,17-19,22H2,1-2H3,(H,35,36,39). The molecule has 0 spiro atoms. The van der Waals surface area contributed by atoms with E-state index in [1.165, 1.54) is 11.1 Å². The summed E-state index contributed by atoms with van der Waals surface area (Å²) in [5.41, 5.74) is 6.42. The number of pyridine rings is 1. The molecule has 0 saturated heterocycles. The highest BCUT2D eigenvalue weighted by Crippen LogP contribution is 2.31. The van der Waals surface area contributed by atoms with Crippen LogP contribution in [0.25, 0.3) is 22.6 Å². The van der Waals surface area contributed by atoms with Crippen molar-refractivity contribution in [1.29, 1.82) is 0 Å². The topological polar surface area (TPSA) is 92.1 Å². The summed E-state index contributed by atoms with van der Waals surface area (Å²) in [6.45, 7) is 5.68. The number of benzene rings is 3. The summed E-state index contributed by atoms with van der Waals surface area (Å²) in [6, 6.07) is 30.0. The first-order valence-corrected chi connectivity index (χ1v) is 13.5. The largest absolute Gasteiger partial charge is 0.439 e. The number of Topliss-reactive ketones (excluding diaryl/α,β-unsaturated/α-hetero) is 1. The summed E-state index contributed by atoms with van der Waals surface area (Å²) >= 11 is 0. The highest BCUT2D eigenvalue weighted by atomic mass is 16.5. The van der Waals surface area contributed by atoms with Crippen LogP contribution in [-0.4, -0.2) is 27.5 Å². The van der Waals surface area contributed by atoms with Crippen molar-refractivity contribution in [1.82, 2.24) is 15.1 Å². The van der Waals surface area contributed by atoms with Crippen LogP contribution in [0.3, 0.4) is 0 Å². The van der Waals surface area contributed by atoms with E-state index in [1.807, 2.05) is 85.8 Å². The number of aromatic amines is 1. The molecule has 5 rings (SSSR count). The SMILES string of the molecule is CCCN(Cc1ccccc1)c1cc(CC(=O)Cc2ccc(C)cc2)cc(-c2ccccc2-c2noc(=O)[nH]2)n1. The van der Waals surface area contributed by atoms with Crippen molar-refractivity contribution < 1.29 is 9.32 Å². The molecule has 2 heterocycles. The highest BCUT2D eigenvalue weighted by Gasteiger charge is 2.18. The van der Waals surface area contributed by atoms with Gasteiger partial charge in [0.05, 0.1) is 5.69 Å². The van der Waals surface area contributed by atoms with Crippen molar-refractivity contribution in [3.63, 3.8) is 0 Å². The number of H-pyrrole nitrogens is 1. The number of carbonyl (C=O) groups is 1. The number of hydrogen-bond donors (Lipinski definition) is 1. The van der Waals surface area contributed by atoms with Crippen LogP contribution >= 0.6 is 0 Å². The van der Waals surface area contributed by atoms with Crippen molar-refractivity contribution in [2.45, 2.75) is 39.7 Å². The molecule has 7 nitrogen and oxygen atoms in total. The zero-order valence-corrected chi connectivity index (χ0v) is 22.8. The number of hydrogen-bond acceptors (Lipinski definition) is 6. The van der Waals surface area contributed by atoms with Crippen LogP contribution < -0.4 is 10.7 Å². The van der Waals surface area contributed by atoms with Crippen molar-refractivity contribution in [3.8, 4) is 22.6 Å². The number of aromatic nitrogens is 3. The van der Waals surface area contributed by atoms with Crippen LogP contribution in [0.5, 0.6) is 0 Å². The van der Waals surface area contributed by atoms with Gasteiger partial charge in [0, 0.05) is 37.1 Å². The van der Waals surface area contributed by atoms with Crippen LogP contribution in [0.15, 0.2) is 100 Å². The number of nitrogens with one attached hydrogen (secondary N) is 1. The van der Waals surface area contributed by atoms with Gasteiger partial charge in [-0.15, -0.1) is 0 Å². The molecule has 202 valence electrons. The van der Waals surface area contributed by atoms with Gasteiger partial charge in [0.15, 0.2) is 5.82 Å². The van der Waals surface area contributed by atoms with E-state index >= 15 is 0 Å². The Morgan fingerprint density at radius 1 is 0.850 bits per heavy atom. The first-order chi connectivity index (χ1) is 19.5. The Kier molecular flexibility index (Phi) is 8.30. The van der Waals surface area contributed by atoms with E-state index < -0.39 is 5.76 Å². The number of ketones is 1. The summed E-state index contributed by atoms with van der Waals surface area (Å²) in [5, 5.41) is 3.90. The fourth-order valence-electron chi connectivity index (χ4n) is 4.80. The molecular weight excluding hydrogens is 500 g/mol. The molecular formula is C33H32N4O3. The van der Waals surface area contributed by atoms with Crippen molar-refractivity contribution in [2.24, 2.45) is 0 Å². The lowest BCUT2D eigenvalue weighted by molar-refractivity contribution is -0.117. The summed E-state index contributed by atoms with van der Waals surface area (Å²) in [4.78, 5) is 34.9. The summed E-state index contributed by atoms with van der Waals surface area (Å²) in [7, 11) is 0. The van der Waals surface area contributed by atoms with Gasteiger partial charge in [0.2, 0.25) is 0 Å². The third kappa shape index (κ3) is 6.61. The molecule has 0 atom stereocenters. The fourth-order valence-corrected chi connectivity index (χ4v) is 4.80. The van der Waals surface area contributed by atoms with Crippen LogP contribution in [0.2, 0.25) is 0 Å². The van der Waals surface area contributed by atoms with E-state index in [9.17, 15) is 9.59 Å². The molecule has 7 heteroatoms. The Morgan fingerprint density at radius 3 is 2.25 bits per heavy atom. The minimum Gasteiger partial charge on any atom is -0.352 e. The van der Waals surface area contributed by atoms with Crippen molar-refractivity contribution >= 4 is 11.6 Å². The Balaban J connectivity index is 1.55. The van der Waals surface area contributed by atoms with Crippen LogP contribution in [0.4, 0.5) is 5.82 Å². The van der Waals surface area contributed by atoms with Gasteiger partial charge in [-0.3, -0.25) is 14.3 Å². The van der Waals surface area contributed by atoms with Crippen molar-refractivity contribution in [3.05, 3.63) is 124 Å². The predicted molar refractivity (Wildman–Crippen MR) is 157 cm³/mol. The molecule has 5 aromatic rings. The molecule has 2 aromatic heterocycles. The lowest BCUT2D eigenvalue weighted by Crippen LogP contribution is -2.25. The minimum atomic E-state index is -0.620. The van der Waals surface area contributed by atoms with Gasteiger partial charge in [-0.2, -0.15) is 0 Å². The van der Waals surface area contributed by atoms with E-state index in [2.05, 4.69) is 34.1 Å². The molecule has 0 fully saturated rings. The van der Waals surface area contributed by atoms with Gasteiger partial charge in [-0.1, -0.05) is 96.5 Å². The Bertz CT molecular complexity index is 1640. The third-order valence-corrected chi connectivity index (χ3v) is 6.73. The van der Waals surface area contributed by atoms with E-state index in [1.54, 1.807) is 0 Å². The molecule has 0 radical (unpaired) electrons. The van der Waals surface area contributed by atoms with E-state index in [4.69, 9.17) is 9.51 Å². The molecule has 0 amide bonds. The lowest BCUT2D eigenvalue weighted by Gasteiger charge is -2.25. The summed E-state index contributed by atoms with van der Waals surface area (Å²) in [5.74, 6) is 0.640. The quantitative estimate of drug-likeness (QED) is 0.219. The van der Waals surface area contributed by atoms with E-state index in [0.717, 1.165) is 35.5 Å². The first kappa shape index (κ1) is 26.8. The normalized spacial score (nSPS) is 10.9. The number of carbonyl (C=O) groups excluding carboxylic acids is 1. The molecule has 0 aliphatic rings. The van der Waals surface area contributed by atoms with Gasteiger partial charge >= 0.3 is 5.76 Å². The Labute approximate surface area is 233 Å². The summed E-state index contributed by atoms with van der Waals surface area (Å²) < 4.78 is 4.78. The maximum Gasteiger partial charge on any atom is 0.439 e. The number of anilines is 1. The predicted octanol–water partition coefficient (Wildman–Crippen LogP) is 6.17. The molecule has 1 N–H and O–H groups in total. The smallest absolute Gasteiger partial charge is 0.352 e. The maximum atomic E-state index is 13.2. The molecule has 0 saturated carbocycles. The summed E-state index contributed by atoms with van der Waals surface area (Å²) in [6.07, 6.45) is 1.59. The van der Waals surface area contributed by atoms with E-state index in [0.29, 0.717) is 30.0 Å². The Hall–Kier alpha value is -4.78. The van der Waals surface area contributed by atoms with E-state index in [-0.39, 0.29) is 12.2 Å². The second kappa shape index (κ2) is 12.4. The number of nitrogens with zero attached hydrogens (tertiary/aromatic N) is 3. The van der Waals surface area contributed by atoms with Gasteiger partial charge in [-0.25, -0.2) is 9.78 Å². The highest BCUT2D eigenvalue weighted by molar-refractivity contribution is 5.85. The first-order valence-electron chi connectivity index (χ1n) is 13.5. The maximum absolute atomic E-state index is 13.2. The van der Waals surface area contributed by atoms with Gasteiger partial charge < -0.3 is 4.90 Å². The average Bonchev–Trinajstić information content (AvgIpc) is 3.40. The molecule has 40 heavy (non-hydrogen) atoms. The number of rotatable bonds is 11. The molecule has 0 aliphatic heterocycles. The second-order valence-corrected chi connectivity index (χ2v) is 9.99. The van der Waals surface area contributed by atoms with Gasteiger partial charge in [-0.05, 0) is 42.2 Å². The third-order valence-electron chi connectivity index (χ3n) is 6.73. The lowest BCUT2D eigenvalue weighted by atomic mass is 9.98. The molecule has 0 unspecified atom stereocenters. The molecule has 0 aliphatic carbocycles. The van der Waals surface area contributed by atoms with Crippen LogP contribution in [0, 0.1) is 6.92 Å². The van der Waals surface area contributed by atoms with Crippen LogP contribution in [0.1, 0.15) is 35.6 Å².